The van der Waals surface area contributed by atoms with E-state index in [9.17, 15) is 13.2 Å². The van der Waals surface area contributed by atoms with E-state index in [1.54, 1.807) is 4.90 Å². The van der Waals surface area contributed by atoms with Crippen LogP contribution in [0.15, 0.2) is 0 Å². The molecule has 7 nitrogen and oxygen atoms in total. The summed E-state index contributed by atoms with van der Waals surface area (Å²) in [4.78, 5) is 13.9. The summed E-state index contributed by atoms with van der Waals surface area (Å²) in [6.45, 7) is 3.78. The van der Waals surface area contributed by atoms with Crippen molar-refractivity contribution in [2.75, 3.05) is 26.0 Å². The number of ether oxygens (including phenoxy) is 1. The van der Waals surface area contributed by atoms with E-state index in [-0.39, 0.29) is 24.2 Å². The highest BCUT2D eigenvalue weighted by molar-refractivity contribution is 7.88. The first-order valence-corrected chi connectivity index (χ1v) is 9.38. The normalized spacial score (nSPS) is 28.4. The first-order valence-electron chi connectivity index (χ1n) is 7.49. The maximum atomic E-state index is 12.3. The van der Waals surface area contributed by atoms with Gasteiger partial charge in [-0.05, 0) is 32.6 Å². The number of nitrogens with one attached hydrogen (secondary N) is 2. The van der Waals surface area contributed by atoms with Gasteiger partial charge in [-0.3, -0.25) is 0 Å². The molecule has 2 N–H and O–H groups in total. The molecule has 0 unspecified atom stereocenters. The Morgan fingerprint density at radius 2 is 2.10 bits per heavy atom. The van der Waals surface area contributed by atoms with Crippen molar-refractivity contribution in [3.05, 3.63) is 0 Å². The summed E-state index contributed by atoms with van der Waals surface area (Å²) in [6.07, 6.45) is 4.80. The number of sulfonamides is 1. The lowest BCUT2D eigenvalue weighted by Gasteiger charge is -2.34. The second kappa shape index (κ2) is 6.93. The highest BCUT2D eigenvalue weighted by Gasteiger charge is 2.28. The van der Waals surface area contributed by atoms with Crippen molar-refractivity contribution in [1.29, 1.82) is 0 Å². The minimum atomic E-state index is -3.24. The number of likely N-dealkylation sites (tertiary alicyclic amines) is 1. The molecule has 21 heavy (non-hydrogen) atoms. The van der Waals surface area contributed by atoms with Crippen molar-refractivity contribution < 1.29 is 17.9 Å². The van der Waals surface area contributed by atoms with Gasteiger partial charge in [0.2, 0.25) is 10.0 Å². The van der Waals surface area contributed by atoms with Gasteiger partial charge in [0.25, 0.3) is 0 Å². The van der Waals surface area contributed by atoms with Crippen LogP contribution in [-0.2, 0) is 14.8 Å². The number of urea groups is 1. The van der Waals surface area contributed by atoms with Crippen molar-refractivity contribution in [3.63, 3.8) is 0 Å². The zero-order valence-corrected chi connectivity index (χ0v) is 13.5. The molecule has 0 radical (unpaired) electrons. The van der Waals surface area contributed by atoms with Crippen molar-refractivity contribution in [2.24, 2.45) is 0 Å². The Hall–Kier alpha value is -0.860. The number of nitrogens with zero attached hydrogens (tertiary/aromatic N) is 1. The molecule has 2 saturated heterocycles. The first kappa shape index (κ1) is 16.5. The van der Waals surface area contributed by atoms with Crippen molar-refractivity contribution >= 4 is 16.1 Å². The Balaban J connectivity index is 1.83. The van der Waals surface area contributed by atoms with Crippen molar-refractivity contribution in [3.8, 4) is 0 Å². The zero-order chi connectivity index (χ0) is 15.5. The van der Waals surface area contributed by atoms with Gasteiger partial charge in [0.1, 0.15) is 0 Å². The van der Waals surface area contributed by atoms with Gasteiger partial charge in [-0.15, -0.1) is 0 Å². The molecule has 2 amide bonds. The molecule has 3 atom stereocenters. The second-order valence-electron chi connectivity index (χ2n) is 5.96. The summed E-state index contributed by atoms with van der Waals surface area (Å²) in [5.74, 6) is 0. The van der Waals surface area contributed by atoms with Gasteiger partial charge < -0.3 is 15.0 Å². The molecular weight excluding hydrogens is 294 g/mol. The standard InChI is InChI=1S/C13H25N3O4S/c1-10(12-6-4-8-20-12)14-13(17)16-7-3-5-11(9-16)15-21(2,18)19/h10-12,15H,3-9H2,1-2H3,(H,14,17)/t10-,11-,12+/m0/s1. The topological polar surface area (TPSA) is 87.7 Å². The molecule has 0 aliphatic carbocycles. The molecule has 2 heterocycles. The highest BCUT2D eigenvalue weighted by atomic mass is 32.2. The van der Waals surface area contributed by atoms with Gasteiger partial charge in [-0.1, -0.05) is 0 Å². The first-order chi connectivity index (χ1) is 9.85. The predicted molar refractivity (Wildman–Crippen MR) is 79.5 cm³/mol. The Kier molecular flexibility index (Phi) is 5.45. The largest absolute Gasteiger partial charge is 0.376 e. The fourth-order valence-electron chi connectivity index (χ4n) is 2.94. The quantitative estimate of drug-likeness (QED) is 0.779. The third-order valence-electron chi connectivity index (χ3n) is 3.96. The second-order valence-corrected chi connectivity index (χ2v) is 7.74. The van der Waals surface area contributed by atoms with Gasteiger partial charge >= 0.3 is 6.03 Å². The molecule has 0 bridgehead atoms. The maximum absolute atomic E-state index is 12.3. The van der Waals surface area contributed by atoms with Crippen LogP contribution >= 0.6 is 0 Å². The lowest BCUT2D eigenvalue weighted by atomic mass is 10.1. The Bertz CT molecular complexity index is 462. The van der Waals surface area contributed by atoms with Gasteiger partial charge in [-0.25, -0.2) is 17.9 Å². The summed E-state index contributed by atoms with van der Waals surface area (Å²) in [5.41, 5.74) is 0. The fraction of sp³-hybridized carbons (Fsp3) is 0.923. The lowest BCUT2D eigenvalue weighted by Crippen LogP contribution is -2.54. The SMILES string of the molecule is C[C@H](NC(=O)N1CCC[C@H](NS(C)(=O)=O)C1)[C@H]1CCCO1. The van der Waals surface area contributed by atoms with E-state index in [1.807, 2.05) is 6.92 Å². The van der Waals surface area contributed by atoms with Crippen LogP contribution in [0, 0.1) is 0 Å². The van der Waals surface area contributed by atoms with Crippen LogP contribution < -0.4 is 10.0 Å². The molecule has 122 valence electrons. The average molecular weight is 319 g/mol. The van der Waals surface area contributed by atoms with E-state index in [0.29, 0.717) is 13.1 Å². The van der Waals surface area contributed by atoms with Crippen LogP contribution in [-0.4, -0.2) is 63.5 Å². The third-order valence-corrected chi connectivity index (χ3v) is 4.72. The number of hydrogen-bond acceptors (Lipinski definition) is 4. The van der Waals surface area contributed by atoms with Crippen LogP contribution in [0.1, 0.15) is 32.6 Å². The van der Waals surface area contributed by atoms with E-state index < -0.39 is 10.0 Å². The van der Waals surface area contributed by atoms with Crippen LogP contribution in [0.25, 0.3) is 0 Å². The smallest absolute Gasteiger partial charge is 0.317 e. The number of hydrogen-bond donors (Lipinski definition) is 2. The third kappa shape index (κ3) is 5.12. The molecule has 2 aliphatic heterocycles. The lowest BCUT2D eigenvalue weighted by molar-refractivity contribution is 0.0822. The van der Waals surface area contributed by atoms with Crippen LogP contribution in [0.3, 0.4) is 0 Å². The maximum Gasteiger partial charge on any atom is 0.317 e. The highest BCUT2D eigenvalue weighted by Crippen LogP contribution is 2.16. The molecule has 8 heteroatoms. The summed E-state index contributed by atoms with van der Waals surface area (Å²) in [7, 11) is -3.24. The molecule has 2 fully saturated rings. The van der Waals surface area contributed by atoms with Crippen molar-refractivity contribution in [1.82, 2.24) is 14.9 Å². The van der Waals surface area contributed by atoms with E-state index in [1.165, 1.54) is 0 Å². The van der Waals surface area contributed by atoms with Gasteiger partial charge in [0.15, 0.2) is 0 Å². The molecule has 0 spiro atoms. The summed E-state index contributed by atoms with van der Waals surface area (Å²) in [6, 6.07) is -0.362. The minimum Gasteiger partial charge on any atom is -0.376 e. The van der Waals surface area contributed by atoms with E-state index in [0.717, 1.165) is 38.5 Å². The monoisotopic (exact) mass is 319 g/mol. The molecule has 0 aromatic heterocycles. The Morgan fingerprint density at radius 1 is 1.33 bits per heavy atom. The summed E-state index contributed by atoms with van der Waals surface area (Å²) in [5, 5.41) is 2.96. The number of carbonyl (C=O) groups excluding carboxylic acids is 1. The van der Waals surface area contributed by atoms with Gasteiger partial charge in [0.05, 0.1) is 18.4 Å². The predicted octanol–water partition coefficient (Wildman–Crippen LogP) is 0.277. The fourth-order valence-corrected chi connectivity index (χ4v) is 3.73. The Morgan fingerprint density at radius 3 is 2.71 bits per heavy atom. The van der Waals surface area contributed by atoms with Crippen molar-refractivity contribution in [2.45, 2.75) is 50.8 Å². The molecule has 2 rings (SSSR count). The molecule has 0 aromatic rings. The van der Waals surface area contributed by atoms with E-state index in [4.69, 9.17) is 4.74 Å². The van der Waals surface area contributed by atoms with Gasteiger partial charge in [0, 0.05) is 25.7 Å². The molecule has 2 aliphatic rings. The number of rotatable bonds is 4. The molecule has 0 saturated carbocycles. The number of piperidine rings is 1. The zero-order valence-electron chi connectivity index (χ0n) is 12.7. The summed E-state index contributed by atoms with van der Waals surface area (Å²) < 4.78 is 30.7. The van der Waals surface area contributed by atoms with Crippen LogP contribution in [0.5, 0.6) is 0 Å². The van der Waals surface area contributed by atoms with Crippen LogP contribution in [0.2, 0.25) is 0 Å². The van der Waals surface area contributed by atoms with E-state index in [2.05, 4.69) is 10.0 Å². The number of carbonyl (C=O) groups is 1. The Labute approximate surface area is 126 Å². The number of amides is 2. The molecular formula is C13H25N3O4S. The van der Waals surface area contributed by atoms with Gasteiger partial charge in [-0.2, -0.15) is 0 Å². The average Bonchev–Trinajstić information content (AvgIpc) is 2.90. The summed E-state index contributed by atoms with van der Waals surface area (Å²) >= 11 is 0. The molecule has 0 aromatic carbocycles. The van der Waals surface area contributed by atoms with Crippen LogP contribution in [0.4, 0.5) is 4.79 Å². The minimum absolute atomic E-state index is 0.0248. The van der Waals surface area contributed by atoms with E-state index >= 15 is 0 Å².